The van der Waals surface area contributed by atoms with Crippen molar-refractivity contribution in [2.24, 2.45) is 23.7 Å². The summed E-state index contributed by atoms with van der Waals surface area (Å²) in [5.74, 6) is -0.0357. The molecule has 0 N–H and O–H groups in total. The molecule has 4 unspecified atom stereocenters. The molecule has 2 aliphatic carbocycles. The summed E-state index contributed by atoms with van der Waals surface area (Å²) >= 11 is 0. The van der Waals surface area contributed by atoms with E-state index in [1.807, 2.05) is 0 Å². The van der Waals surface area contributed by atoms with Gasteiger partial charge in [0, 0.05) is 27.1 Å². The van der Waals surface area contributed by atoms with Crippen molar-refractivity contribution in [1.29, 1.82) is 0 Å². The molecule has 5 heteroatoms. The molecule has 3 rings (SSSR count). The van der Waals surface area contributed by atoms with Crippen molar-refractivity contribution in [1.82, 2.24) is 9.80 Å². The van der Waals surface area contributed by atoms with Gasteiger partial charge in [-0.05, 0) is 18.3 Å². The molecule has 5 nitrogen and oxygen atoms in total. The van der Waals surface area contributed by atoms with Crippen LogP contribution < -0.4 is 0 Å². The van der Waals surface area contributed by atoms with Crippen LogP contribution in [-0.4, -0.2) is 48.2 Å². The van der Waals surface area contributed by atoms with Crippen LogP contribution in [0.5, 0.6) is 0 Å². The van der Waals surface area contributed by atoms with Crippen LogP contribution in [0, 0.1) is 23.7 Å². The second-order valence-corrected chi connectivity index (χ2v) is 5.87. The Balaban J connectivity index is 1.71. The summed E-state index contributed by atoms with van der Waals surface area (Å²) in [6.07, 6.45) is 5.31. The predicted octanol–water partition coefficient (Wildman–Crippen LogP) is 0.272. The van der Waals surface area contributed by atoms with Gasteiger partial charge in [0.2, 0.25) is 17.7 Å². The molecule has 3 amide bonds. The van der Waals surface area contributed by atoms with E-state index in [0.29, 0.717) is 0 Å². The standard InChI is InChI=1S/C14H18N2O3/c1-15(2)10(17)5-6-16-13(18)11-8-3-4-9(7-8)12(11)14(16)19/h3-4,8-9,11-12H,5-7H2,1-2H3. The van der Waals surface area contributed by atoms with E-state index in [4.69, 9.17) is 0 Å². The summed E-state index contributed by atoms with van der Waals surface area (Å²) in [6, 6.07) is 0. The fraction of sp³-hybridized carbons (Fsp3) is 0.643. The molecule has 2 fully saturated rings. The number of nitrogens with zero attached hydrogens (tertiary/aromatic N) is 2. The van der Waals surface area contributed by atoms with Crippen molar-refractivity contribution < 1.29 is 14.4 Å². The van der Waals surface area contributed by atoms with Gasteiger partial charge >= 0.3 is 0 Å². The van der Waals surface area contributed by atoms with Crippen LogP contribution in [-0.2, 0) is 14.4 Å². The Morgan fingerprint density at radius 2 is 1.74 bits per heavy atom. The Kier molecular flexibility index (Phi) is 2.73. The van der Waals surface area contributed by atoms with E-state index in [-0.39, 0.29) is 54.4 Å². The van der Waals surface area contributed by atoms with E-state index in [0.717, 1.165) is 6.42 Å². The topological polar surface area (TPSA) is 57.7 Å². The van der Waals surface area contributed by atoms with Gasteiger partial charge < -0.3 is 4.90 Å². The van der Waals surface area contributed by atoms with Gasteiger partial charge in [0.05, 0.1) is 11.8 Å². The number of hydrogen-bond acceptors (Lipinski definition) is 3. The molecule has 1 aliphatic heterocycles. The Labute approximate surface area is 112 Å². The van der Waals surface area contributed by atoms with Crippen LogP contribution in [0.2, 0.25) is 0 Å². The first-order valence-corrected chi connectivity index (χ1v) is 6.74. The number of fused-ring (bicyclic) bond motifs is 5. The molecular weight excluding hydrogens is 244 g/mol. The van der Waals surface area contributed by atoms with E-state index in [2.05, 4.69) is 12.2 Å². The maximum atomic E-state index is 12.3. The fourth-order valence-corrected chi connectivity index (χ4v) is 3.62. The van der Waals surface area contributed by atoms with E-state index < -0.39 is 0 Å². The zero-order valence-corrected chi connectivity index (χ0v) is 11.2. The maximum Gasteiger partial charge on any atom is 0.233 e. The van der Waals surface area contributed by atoms with Crippen LogP contribution in [0.1, 0.15) is 12.8 Å². The highest BCUT2D eigenvalue weighted by Gasteiger charge is 2.58. The monoisotopic (exact) mass is 262 g/mol. The molecule has 1 heterocycles. The first kappa shape index (κ1) is 12.4. The molecule has 19 heavy (non-hydrogen) atoms. The lowest BCUT2D eigenvalue weighted by Gasteiger charge is -2.18. The normalized spacial score (nSPS) is 35.2. The lowest BCUT2D eigenvalue weighted by molar-refractivity contribution is -0.141. The molecule has 0 aromatic heterocycles. The Morgan fingerprint density at radius 1 is 1.21 bits per heavy atom. The van der Waals surface area contributed by atoms with Gasteiger partial charge in [0.15, 0.2) is 0 Å². The second kappa shape index (κ2) is 4.18. The number of likely N-dealkylation sites (tertiary alicyclic amines) is 1. The van der Waals surface area contributed by atoms with Gasteiger partial charge in [-0.25, -0.2) is 0 Å². The van der Waals surface area contributed by atoms with Crippen molar-refractivity contribution >= 4 is 17.7 Å². The first-order chi connectivity index (χ1) is 9.00. The third kappa shape index (κ3) is 1.71. The molecule has 0 aromatic carbocycles. The van der Waals surface area contributed by atoms with Gasteiger partial charge in [-0.1, -0.05) is 12.2 Å². The van der Waals surface area contributed by atoms with Gasteiger partial charge in [-0.3, -0.25) is 19.3 Å². The number of carbonyl (C=O) groups is 3. The largest absolute Gasteiger partial charge is 0.349 e. The molecule has 1 saturated carbocycles. The summed E-state index contributed by atoms with van der Waals surface area (Å²) in [6.45, 7) is 0.223. The molecule has 0 spiro atoms. The average Bonchev–Trinajstić information content (AvgIpc) is 3.02. The zero-order valence-electron chi connectivity index (χ0n) is 11.2. The van der Waals surface area contributed by atoms with Crippen LogP contribution >= 0.6 is 0 Å². The highest BCUT2D eigenvalue weighted by Crippen LogP contribution is 2.52. The van der Waals surface area contributed by atoms with Crippen LogP contribution in [0.25, 0.3) is 0 Å². The Bertz CT molecular complexity index is 453. The molecule has 4 atom stereocenters. The smallest absolute Gasteiger partial charge is 0.233 e. The van der Waals surface area contributed by atoms with Gasteiger partial charge in [0.1, 0.15) is 0 Å². The molecule has 2 bridgehead atoms. The average molecular weight is 262 g/mol. The summed E-state index contributed by atoms with van der Waals surface area (Å²) in [5, 5.41) is 0. The molecule has 0 radical (unpaired) electrons. The van der Waals surface area contributed by atoms with Crippen molar-refractivity contribution in [3.63, 3.8) is 0 Å². The molecule has 102 valence electrons. The summed E-state index contributed by atoms with van der Waals surface area (Å²) in [5.41, 5.74) is 0. The van der Waals surface area contributed by atoms with E-state index in [9.17, 15) is 14.4 Å². The van der Waals surface area contributed by atoms with Crippen molar-refractivity contribution in [3.8, 4) is 0 Å². The minimum Gasteiger partial charge on any atom is -0.349 e. The minimum atomic E-state index is -0.156. The van der Waals surface area contributed by atoms with Crippen molar-refractivity contribution in [2.75, 3.05) is 20.6 Å². The Morgan fingerprint density at radius 3 is 2.21 bits per heavy atom. The predicted molar refractivity (Wildman–Crippen MR) is 67.7 cm³/mol. The van der Waals surface area contributed by atoms with Crippen molar-refractivity contribution in [2.45, 2.75) is 12.8 Å². The van der Waals surface area contributed by atoms with Crippen LogP contribution in [0.4, 0.5) is 0 Å². The number of hydrogen-bond donors (Lipinski definition) is 0. The number of carbonyl (C=O) groups excluding carboxylic acids is 3. The van der Waals surface area contributed by atoms with Crippen LogP contribution in [0.15, 0.2) is 12.2 Å². The Hall–Kier alpha value is -1.65. The SMILES string of the molecule is CN(C)C(=O)CCN1C(=O)C2C3C=CC(C3)C2C1=O. The van der Waals surface area contributed by atoms with Gasteiger partial charge in [-0.2, -0.15) is 0 Å². The zero-order chi connectivity index (χ0) is 13.7. The number of rotatable bonds is 3. The minimum absolute atomic E-state index is 0.0567. The highest BCUT2D eigenvalue weighted by molar-refractivity contribution is 6.06. The highest BCUT2D eigenvalue weighted by atomic mass is 16.2. The van der Waals surface area contributed by atoms with E-state index >= 15 is 0 Å². The molecule has 1 saturated heterocycles. The second-order valence-electron chi connectivity index (χ2n) is 5.87. The van der Waals surface area contributed by atoms with Gasteiger partial charge in [0.25, 0.3) is 0 Å². The number of imide groups is 1. The number of allylic oxidation sites excluding steroid dienone is 2. The van der Waals surface area contributed by atoms with Gasteiger partial charge in [-0.15, -0.1) is 0 Å². The quantitative estimate of drug-likeness (QED) is 0.542. The summed E-state index contributed by atoms with van der Waals surface area (Å²) in [4.78, 5) is 39.0. The summed E-state index contributed by atoms with van der Waals surface area (Å²) < 4.78 is 0. The lowest BCUT2D eigenvalue weighted by Crippen LogP contribution is -2.36. The first-order valence-electron chi connectivity index (χ1n) is 6.74. The lowest BCUT2D eigenvalue weighted by atomic mass is 9.85. The van der Waals surface area contributed by atoms with Crippen LogP contribution in [0.3, 0.4) is 0 Å². The fourth-order valence-electron chi connectivity index (χ4n) is 3.62. The molecule has 0 aromatic rings. The maximum absolute atomic E-state index is 12.3. The molecular formula is C14H18N2O3. The third-order valence-electron chi connectivity index (χ3n) is 4.61. The van der Waals surface area contributed by atoms with E-state index in [1.54, 1.807) is 14.1 Å². The van der Waals surface area contributed by atoms with E-state index in [1.165, 1.54) is 9.80 Å². The third-order valence-corrected chi connectivity index (χ3v) is 4.61. The summed E-state index contributed by atoms with van der Waals surface area (Å²) in [7, 11) is 3.35. The number of amides is 3. The molecule has 3 aliphatic rings. The van der Waals surface area contributed by atoms with Crippen molar-refractivity contribution in [3.05, 3.63) is 12.2 Å².